The molecule has 204 valence electrons. The van der Waals surface area contributed by atoms with E-state index in [0.29, 0.717) is 16.8 Å². The van der Waals surface area contributed by atoms with Crippen molar-refractivity contribution < 1.29 is 35.9 Å². The Bertz CT molecular complexity index is 1380. The summed E-state index contributed by atoms with van der Waals surface area (Å²) >= 11 is 0. The van der Waals surface area contributed by atoms with Gasteiger partial charge in [0, 0.05) is 6.07 Å². The van der Waals surface area contributed by atoms with Gasteiger partial charge < -0.3 is 14.8 Å². The average molecular weight is 551 g/mol. The van der Waals surface area contributed by atoms with Crippen molar-refractivity contribution in [3.05, 3.63) is 83.4 Å². The van der Waals surface area contributed by atoms with Gasteiger partial charge in [0.15, 0.2) is 11.5 Å². The molecule has 1 atom stereocenters. The molecule has 1 N–H and O–H groups in total. The molecule has 0 aliphatic heterocycles. The van der Waals surface area contributed by atoms with Gasteiger partial charge in [-0.15, -0.1) is 0 Å². The van der Waals surface area contributed by atoms with Gasteiger partial charge in [0.1, 0.15) is 6.54 Å². The van der Waals surface area contributed by atoms with E-state index in [9.17, 15) is 26.4 Å². The lowest BCUT2D eigenvalue weighted by atomic mass is 10.0. The Balaban J connectivity index is 2.03. The monoisotopic (exact) mass is 550 g/mol. The van der Waals surface area contributed by atoms with Crippen molar-refractivity contribution in [1.29, 1.82) is 0 Å². The number of benzene rings is 3. The van der Waals surface area contributed by atoms with Crippen molar-refractivity contribution in [2.45, 2.75) is 37.4 Å². The molecule has 11 heteroatoms. The summed E-state index contributed by atoms with van der Waals surface area (Å²) < 4.78 is 78.8. The minimum Gasteiger partial charge on any atom is -0.493 e. The highest BCUT2D eigenvalue weighted by Crippen LogP contribution is 2.35. The Labute approximate surface area is 220 Å². The smallest absolute Gasteiger partial charge is 0.416 e. The zero-order valence-corrected chi connectivity index (χ0v) is 22.2. The number of amides is 1. The molecular weight excluding hydrogens is 521 g/mol. The molecule has 0 spiro atoms. The van der Waals surface area contributed by atoms with Crippen LogP contribution in [0.2, 0.25) is 0 Å². The number of carbonyl (C=O) groups excluding carboxylic acids is 1. The average Bonchev–Trinajstić information content (AvgIpc) is 2.90. The number of anilines is 1. The number of halogens is 3. The molecule has 1 amide bonds. The molecule has 0 saturated carbocycles. The Morgan fingerprint density at radius 2 is 1.63 bits per heavy atom. The Hall–Kier alpha value is -3.73. The Kier molecular flexibility index (Phi) is 8.93. The van der Waals surface area contributed by atoms with Crippen LogP contribution in [0.5, 0.6) is 11.5 Å². The van der Waals surface area contributed by atoms with Crippen molar-refractivity contribution in [2.75, 3.05) is 25.1 Å². The number of ether oxygens (including phenoxy) is 2. The van der Waals surface area contributed by atoms with Crippen LogP contribution in [0.15, 0.2) is 71.6 Å². The van der Waals surface area contributed by atoms with Crippen LogP contribution in [0.4, 0.5) is 18.9 Å². The second kappa shape index (κ2) is 11.8. The minimum absolute atomic E-state index is 0.104. The van der Waals surface area contributed by atoms with Gasteiger partial charge in [-0.3, -0.25) is 9.10 Å². The van der Waals surface area contributed by atoms with Gasteiger partial charge in [0.05, 0.1) is 36.4 Å². The van der Waals surface area contributed by atoms with Crippen LogP contribution in [-0.2, 0) is 21.0 Å². The molecule has 0 heterocycles. The normalized spacial score (nSPS) is 12.5. The summed E-state index contributed by atoms with van der Waals surface area (Å²) in [4.78, 5) is 12.8. The number of rotatable bonds is 10. The molecule has 0 aliphatic carbocycles. The highest BCUT2D eigenvalue weighted by atomic mass is 32.2. The van der Waals surface area contributed by atoms with Gasteiger partial charge in [-0.05, 0) is 49.2 Å². The van der Waals surface area contributed by atoms with Gasteiger partial charge in [0.2, 0.25) is 5.91 Å². The largest absolute Gasteiger partial charge is 0.493 e. The first-order chi connectivity index (χ1) is 17.9. The number of alkyl halides is 3. The number of nitrogens with zero attached hydrogens (tertiary/aromatic N) is 1. The molecule has 0 saturated heterocycles. The van der Waals surface area contributed by atoms with E-state index in [-0.39, 0.29) is 22.1 Å². The summed E-state index contributed by atoms with van der Waals surface area (Å²) in [6.07, 6.45) is -4.20. The summed E-state index contributed by atoms with van der Waals surface area (Å²) in [5, 5.41) is 2.80. The van der Waals surface area contributed by atoms with Gasteiger partial charge in [-0.2, -0.15) is 13.2 Å². The first kappa shape index (κ1) is 28.8. The highest BCUT2D eigenvalue weighted by Gasteiger charge is 2.34. The number of carbonyl (C=O) groups is 1. The topological polar surface area (TPSA) is 84.9 Å². The Morgan fingerprint density at radius 1 is 0.974 bits per heavy atom. The van der Waals surface area contributed by atoms with Crippen LogP contribution < -0.4 is 19.1 Å². The van der Waals surface area contributed by atoms with Gasteiger partial charge in [-0.1, -0.05) is 42.8 Å². The van der Waals surface area contributed by atoms with E-state index in [1.54, 1.807) is 0 Å². The van der Waals surface area contributed by atoms with Crippen molar-refractivity contribution in [1.82, 2.24) is 5.32 Å². The van der Waals surface area contributed by atoms with E-state index in [0.717, 1.165) is 23.3 Å². The molecule has 3 aromatic carbocycles. The van der Waals surface area contributed by atoms with Crippen molar-refractivity contribution >= 4 is 21.6 Å². The quantitative estimate of drug-likeness (QED) is 0.361. The molecule has 1 unspecified atom stereocenters. The first-order valence-corrected chi connectivity index (χ1v) is 13.1. The van der Waals surface area contributed by atoms with Crippen LogP contribution in [0.25, 0.3) is 0 Å². The van der Waals surface area contributed by atoms with Crippen LogP contribution in [0, 0.1) is 6.92 Å². The van der Waals surface area contributed by atoms with Gasteiger partial charge in [0.25, 0.3) is 10.0 Å². The fraction of sp³-hybridized carbons (Fsp3) is 0.296. The second-order valence-corrected chi connectivity index (χ2v) is 10.4. The van der Waals surface area contributed by atoms with E-state index in [4.69, 9.17) is 9.47 Å². The molecule has 0 aromatic heterocycles. The summed E-state index contributed by atoms with van der Waals surface area (Å²) in [7, 11) is -1.81. The molecule has 3 rings (SSSR count). The predicted octanol–water partition coefficient (Wildman–Crippen LogP) is 5.49. The molecule has 3 aromatic rings. The molecule has 0 aliphatic rings. The lowest BCUT2D eigenvalue weighted by Gasteiger charge is -2.26. The van der Waals surface area contributed by atoms with Crippen molar-refractivity contribution in [2.24, 2.45) is 0 Å². The van der Waals surface area contributed by atoms with Crippen molar-refractivity contribution in [3.63, 3.8) is 0 Å². The minimum atomic E-state index is -4.71. The lowest BCUT2D eigenvalue weighted by Crippen LogP contribution is -2.42. The van der Waals surface area contributed by atoms with Crippen LogP contribution in [-0.4, -0.2) is 35.1 Å². The highest BCUT2D eigenvalue weighted by molar-refractivity contribution is 7.92. The Morgan fingerprint density at radius 3 is 2.21 bits per heavy atom. The number of methoxy groups -OCH3 is 2. The summed E-state index contributed by atoms with van der Waals surface area (Å²) in [5.41, 5.74) is 0.494. The van der Waals surface area contributed by atoms with E-state index in [1.165, 1.54) is 38.5 Å². The summed E-state index contributed by atoms with van der Waals surface area (Å²) in [6.45, 7) is 3.03. The van der Waals surface area contributed by atoms with Gasteiger partial charge in [-0.25, -0.2) is 8.42 Å². The van der Waals surface area contributed by atoms with E-state index in [1.807, 2.05) is 38.1 Å². The maximum absolute atomic E-state index is 13.7. The van der Waals surface area contributed by atoms with E-state index >= 15 is 0 Å². The second-order valence-electron chi connectivity index (χ2n) is 8.52. The fourth-order valence-electron chi connectivity index (χ4n) is 3.85. The molecular formula is C27H29F3N2O5S. The van der Waals surface area contributed by atoms with Crippen LogP contribution >= 0.6 is 0 Å². The molecule has 0 fully saturated rings. The summed E-state index contributed by atoms with van der Waals surface area (Å²) in [6, 6.07) is 14.7. The lowest BCUT2D eigenvalue weighted by molar-refractivity contribution is -0.137. The van der Waals surface area contributed by atoms with E-state index in [2.05, 4.69) is 5.32 Å². The first-order valence-electron chi connectivity index (χ1n) is 11.7. The zero-order chi connectivity index (χ0) is 28.1. The third-order valence-corrected chi connectivity index (χ3v) is 7.68. The third kappa shape index (κ3) is 6.58. The van der Waals surface area contributed by atoms with E-state index < -0.39 is 40.3 Å². The SMILES string of the molecule is CCC(NC(=O)CN(c1cccc(C(F)(F)F)c1)S(=O)(=O)c1ccc(OC)c(OC)c1)c1ccc(C)cc1. The van der Waals surface area contributed by atoms with Crippen molar-refractivity contribution in [3.8, 4) is 11.5 Å². The molecule has 0 bridgehead atoms. The maximum Gasteiger partial charge on any atom is 0.416 e. The number of hydrogen-bond acceptors (Lipinski definition) is 5. The van der Waals surface area contributed by atoms with Crippen LogP contribution in [0.3, 0.4) is 0 Å². The third-order valence-electron chi connectivity index (χ3n) is 5.91. The standard InChI is InChI=1S/C27H29F3N2O5S/c1-5-23(19-11-9-18(2)10-12-19)31-26(33)17-32(21-8-6-7-20(15-21)27(28,29)30)38(34,35)22-13-14-24(36-3)25(16-22)37-4/h6-16,23H,5,17H2,1-4H3,(H,31,33). The van der Waals surface area contributed by atoms with Crippen LogP contribution in [0.1, 0.15) is 36.1 Å². The zero-order valence-electron chi connectivity index (χ0n) is 21.4. The number of hydrogen-bond donors (Lipinski definition) is 1. The molecule has 38 heavy (non-hydrogen) atoms. The molecule has 0 radical (unpaired) electrons. The number of nitrogens with one attached hydrogen (secondary N) is 1. The summed E-state index contributed by atoms with van der Waals surface area (Å²) in [5.74, 6) is -0.315. The fourth-order valence-corrected chi connectivity index (χ4v) is 5.28. The van der Waals surface area contributed by atoms with Gasteiger partial charge >= 0.3 is 6.18 Å². The number of sulfonamides is 1. The molecule has 7 nitrogen and oxygen atoms in total. The predicted molar refractivity (Wildman–Crippen MR) is 138 cm³/mol. The maximum atomic E-state index is 13.7. The number of aryl methyl sites for hydroxylation is 1.